The maximum absolute atomic E-state index is 12.1. The molecule has 1 saturated heterocycles. The van der Waals surface area contributed by atoms with Crippen LogP contribution in [0.4, 0.5) is 0 Å². The third-order valence-corrected chi connectivity index (χ3v) is 5.09. The largest absolute Gasteiger partial charge is 0.511 e. The molecule has 0 amide bonds. The Morgan fingerprint density at radius 2 is 1.42 bits per heavy atom. The van der Waals surface area contributed by atoms with Crippen molar-refractivity contribution in [3.8, 4) is 0 Å². The molecule has 4 nitrogen and oxygen atoms in total. The lowest BCUT2D eigenvalue weighted by Gasteiger charge is -2.23. The van der Waals surface area contributed by atoms with E-state index in [1.165, 1.54) is 51.4 Å². The van der Waals surface area contributed by atoms with E-state index in [9.17, 15) is 14.7 Å². The molecule has 0 aromatic rings. The van der Waals surface area contributed by atoms with Crippen molar-refractivity contribution in [3.05, 3.63) is 11.3 Å². The van der Waals surface area contributed by atoms with Crippen molar-refractivity contribution in [2.45, 2.75) is 116 Å². The zero-order valence-electron chi connectivity index (χ0n) is 16.9. The molecule has 0 aromatic carbocycles. The first-order valence-electron chi connectivity index (χ1n) is 10.8. The molecule has 1 unspecified atom stereocenters. The first kappa shape index (κ1) is 22.7. The van der Waals surface area contributed by atoms with Crippen LogP contribution in [-0.4, -0.2) is 23.0 Å². The Balaban J connectivity index is 2.15. The minimum atomic E-state index is -0.639. The number of ether oxygens (including phenoxy) is 1. The van der Waals surface area contributed by atoms with Gasteiger partial charge in [0.25, 0.3) is 0 Å². The summed E-state index contributed by atoms with van der Waals surface area (Å²) >= 11 is 0. The molecule has 1 aliphatic rings. The second kappa shape index (κ2) is 13.8. The predicted octanol–water partition coefficient (Wildman–Crippen LogP) is 6.18. The Morgan fingerprint density at radius 3 is 1.92 bits per heavy atom. The summed E-state index contributed by atoms with van der Waals surface area (Å²) in [7, 11) is 0. The molecule has 0 saturated carbocycles. The van der Waals surface area contributed by atoms with Gasteiger partial charge in [-0.05, 0) is 12.8 Å². The first-order valence-corrected chi connectivity index (χ1v) is 10.8. The topological polar surface area (TPSA) is 63.6 Å². The van der Waals surface area contributed by atoms with E-state index in [1.807, 2.05) is 6.92 Å². The molecule has 0 aliphatic carbocycles. The quantitative estimate of drug-likeness (QED) is 0.131. The monoisotopic (exact) mass is 366 g/mol. The van der Waals surface area contributed by atoms with Crippen molar-refractivity contribution < 1.29 is 19.4 Å². The fourth-order valence-corrected chi connectivity index (χ4v) is 3.52. The average Bonchev–Trinajstić information content (AvgIpc) is 2.59. The third kappa shape index (κ3) is 8.86. The normalized spacial score (nSPS) is 19.5. The number of carbonyl (C=O) groups excluding carboxylic acids is 2. The molecule has 150 valence electrons. The highest BCUT2D eigenvalue weighted by atomic mass is 16.5. The van der Waals surface area contributed by atoms with Gasteiger partial charge in [-0.3, -0.25) is 4.79 Å². The highest BCUT2D eigenvalue weighted by Gasteiger charge is 2.34. The average molecular weight is 367 g/mol. The molecule has 1 atom stereocenters. The smallest absolute Gasteiger partial charge is 0.345 e. The summed E-state index contributed by atoms with van der Waals surface area (Å²) in [6, 6.07) is 0. The fraction of sp³-hybridized carbons (Fsp3) is 0.818. The third-order valence-electron chi connectivity index (χ3n) is 5.09. The molecule has 0 aromatic heterocycles. The fourth-order valence-electron chi connectivity index (χ4n) is 3.52. The maximum Gasteiger partial charge on any atom is 0.345 e. The summed E-state index contributed by atoms with van der Waals surface area (Å²) in [6.45, 7) is 4.23. The van der Waals surface area contributed by atoms with Gasteiger partial charge in [-0.15, -0.1) is 0 Å². The Bertz CT molecular complexity index is 433. The van der Waals surface area contributed by atoms with Crippen LogP contribution < -0.4 is 0 Å². The van der Waals surface area contributed by atoms with E-state index in [2.05, 4.69) is 6.92 Å². The van der Waals surface area contributed by atoms with E-state index < -0.39 is 5.97 Å². The zero-order chi connectivity index (χ0) is 19.2. The summed E-state index contributed by atoms with van der Waals surface area (Å²) in [6.07, 6.45) is 15.4. The minimum absolute atomic E-state index is 0.0779. The van der Waals surface area contributed by atoms with Gasteiger partial charge in [-0.25, -0.2) is 4.79 Å². The SMILES string of the molecule is CCCCCCCCCCCCC/C(O)=C1\C(=O)CC(CCC)OC1=O. The molecule has 0 bridgehead atoms. The first-order chi connectivity index (χ1) is 12.6. The molecular formula is C22H38O4. The summed E-state index contributed by atoms with van der Waals surface area (Å²) in [5, 5.41) is 10.1. The second-order valence-electron chi connectivity index (χ2n) is 7.55. The molecule has 0 radical (unpaired) electrons. The lowest BCUT2D eigenvalue weighted by atomic mass is 9.96. The molecule has 1 rings (SSSR count). The number of aliphatic hydroxyl groups is 1. The minimum Gasteiger partial charge on any atom is -0.511 e. The van der Waals surface area contributed by atoms with Gasteiger partial charge in [-0.1, -0.05) is 84.5 Å². The number of hydrogen-bond acceptors (Lipinski definition) is 4. The summed E-state index contributed by atoms with van der Waals surface area (Å²) < 4.78 is 5.26. The molecule has 1 fully saturated rings. The summed E-state index contributed by atoms with van der Waals surface area (Å²) in [5.41, 5.74) is -0.107. The number of ketones is 1. The second-order valence-corrected chi connectivity index (χ2v) is 7.55. The molecule has 1 aliphatic heterocycles. The van der Waals surface area contributed by atoms with Gasteiger partial charge in [0.05, 0.1) is 0 Å². The van der Waals surface area contributed by atoms with Crippen LogP contribution in [0.1, 0.15) is 110 Å². The lowest BCUT2D eigenvalue weighted by molar-refractivity contribution is -0.151. The van der Waals surface area contributed by atoms with Crippen LogP contribution in [0.2, 0.25) is 0 Å². The van der Waals surface area contributed by atoms with Crippen molar-refractivity contribution in [3.63, 3.8) is 0 Å². The zero-order valence-corrected chi connectivity index (χ0v) is 16.9. The number of unbranched alkanes of at least 4 members (excludes halogenated alkanes) is 10. The van der Waals surface area contributed by atoms with Crippen LogP contribution in [0.25, 0.3) is 0 Å². The van der Waals surface area contributed by atoms with Gasteiger partial charge in [0.1, 0.15) is 17.4 Å². The van der Waals surface area contributed by atoms with Crippen LogP contribution >= 0.6 is 0 Å². The molecule has 1 N–H and O–H groups in total. The Morgan fingerprint density at radius 1 is 0.885 bits per heavy atom. The number of hydrogen-bond donors (Lipinski definition) is 1. The van der Waals surface area contributed by atoms with E-state index in [1.54, 1.807) is 0 Å². The number of allylic oxidation sites excluding steroid dienone is 1. The Hall–Kier alpha value is -1.32. The predicted molar refractivity (Wildman–Crippen MR) is 105 cm³/mol. The van der Waals surface area contributed by atoms with Crippen molar-refractivity contribution >= 4 is 11.8 Å². The number of rotatable bonds is 14. The number of cyclic esters (lactones) is 1. The Kier molecular flexibility index (Phi) is 12.1. The van der Waals surface area contributed by atoms with Gasteiger partial charge in [0.2, 0.25) is 0 Å². The van der Waals surface area contributed by atoms with Crippen LogP contribution in [0.5, 0.6) is 0 Å². The number of aliphatic hydroxyl groups excluding tert-OH is 1. The van der Waals surface area contributed by atoms with Gasteiger partial charge in [-0.2, -0.15) is 0 Å². The van der Waals surface area contributed by atoms with Gasteiger partial charge in [0.15, 0.2) is 5.78 Å². The highest BCUT2D eigenvalue weighted by molar-refractivity contribution is 6.19. The van der Waals surface area contributed by atoms with E-state index in [4.69, 9.17) is 4.74 Å². The molecule has 0 spiro atoms. The number of Topliss-reactive ketones (excluding diaryl/α,β-unsaturated/α-hetero) is 1. The Labute approximate surface area is 159 Å². The van der Waals surface area contributed by atoms with E-state index >= 15 is 0 Å². The van der Waals surface area contributed by atoms with Crippen LogP contribution in [0, 0.1) is 0 Å². The molecule has 1 heterocycles. The molecular weight excluding hydrogens is 328 g/mol. The van der Waals surface area contributed by atoms with E-state index in [0.717, 1.165) is 25.7 Å². The van der Waals surface area contributed by atoms with Crippen molar-refractivity contribution in [1.29, 1.82) is 0 Å². The highest BCUT2D eigenvalue weighted by Crippen LogP contribution is 2.24. The van der Waals surface area contributed by atoms with Crippen LogP contribution in [-0.2, 0) is 14.3 Å². The van der Waals surface area contributed by atoms with Crippen molar-refractivity contribution in [2.24, 2.45) is 0 Å². The van der Waals surface area contributed by atoms with Crippen LogP contribution in [0.3, 0.4) is 0 Å². The molecule has 26 heavy (non-hydrogen) atoms. The van der Waals surface area contributed by atoms with Crippen molar-refractivity contribution in [1.82, 2.24) is 0 Å². The summed E-state index contributed by atoms with van der Waals surface area (Å²) in [5.74, 6) is -0.980. The number of carbonyl (C=O) groups is 2. The lowest BCUT2D eigenvalue weighted by Crippen LogP contribution is -2.33. The van der Waals surface area contributed by atoms with Crippen LogP contribution in [0.15, 0.2) is 11.3 Å². The van der Waals surface area contributed by atoms with Gasteiger partial charge in [0, 0.05) is 12.8 Å². The number of esters is 1. The van der Waals surface area contributed by atoms with Gasteiger partial charge >= 0.3 is 5.97 Å². The van der Waals surface area contributed by atoms with E-state index in [-0.39, 0.29) is 29.6 Å². The van der Waals surface area contributed by atoms with Crippen molar-refractivity contribution in [2.75, 3.05) is 0 Å². The van der Waals surface area contributed by atoms with E-state index in [0.29, 0.717) is 12.8 Å². The molecule has 4 heteroatoms. The van der Waals surface area contributed by atoms with Gasteiger partial charge < -0.3 is 9.84 Å². The standard InChI is InChI=1S/C22H38O4/c1-3-5-6-7-8-9-10-11-12-13-14-16-19(23)21-20(24)17-18(15-4-2)26-22(21)25/h18,23H,3-17H2,1-2H3/b21-19-. The summed E-state index contributed by atoms with van der Waals surface area (Å²) in [4.78, 5) is 24.1. The maximum atomic E-state index is 12.1.